The number of carbonyl (C=O) groups is 1. The predicted molar refractivity (Wildman–Crippen MR) is 142 cm³/mol. The molecule has 7 nitrogen and oxygen atoms in total. The molecule has 0 aliphatic carbocycles. The van der Waals surface area contributed by atoms with Crippen molar-refractivity contribution < 1.29 is 14.6 Å². The molecule has 0 amide bonds. The first-order chi connectivity index (χ1) is 17.4. The van der Waals surface area contributed by atoms with Crippen molar-refractivity contribution in [3.63, 3.8) is 0 Å². The van der Waals surface area contributed by atoms with Crippen LogP contribution in [0.25, 0.3) is 10.9 Å². The number of carboxylic acids is 1. The van der Waals surface area contributed by atoms with Gasteiger partial charge in [-0.25, -0.2) is 9.78 Å². The highest BCUT2D eigenvalue weighted by molar-refractivity contribution is 5.81. The van der Waals surface area contributed by atoms with Crippen LogP contribution in [0.5, 0.6) is 5.75 Å². The summed E-state index contributed by atoms with van der Waals surface area (Å²) in [6.45, 7) is 2.49. The molecular weight excluding hydrogens is 454 g/mol. The second kappa shape index (κ2) is 11.1. The third kappa shape index (κ3) is 5.57. The maximum Gasteiger partial charge on any atom is 0.349 e. The van der Waals surface area contributed by atoms with Crippen LogP contribution in [0.3, 0.4) is 0 Å². The molecule has 7 heteroatoms. The Hall–Kier alpha value is -4.13. The number of anilines is 1. The maximum atomic E-state index is 13.6. The molecule has 0 spiro atoms. The van der Waals surface area contributed by atoms with Crippen molar-refractivity contribution in [3.05, 3.63) is 100 Å². The Morgan fingerprint density at radius 3 is 2.42 bits per heavy atom. The largest absolute Gasteiger partial charge is 0.478 e. The summed E-state index contributed by atoms with van der Waals surface area (Å²) in [6.07, 6.45) is 1.56. The second-order valence-corrected chi connectivity index (χ2v) is 9.01. The number of ether oxygens (including phenoxy) is 1. The zero-order chi connectivity index (χ0) is 25.7. The van der Waals surface area contributed by atoms with Gasteiger partial charge in [-0.1, -0.05) is 55.8 Å². The molecule has 0 aliphatic rings. The van der Waals surface area contributed by atoms with Crippen LogP contribution >= 0.6 is 0 Å². The summed E-state index contributed by atoms with van der Waals surface area (Å²) in [5.74, 6) is 0.153. The molecule has 0 bridgehead atoms. The highest BCUT2D eigenvalue weighted by atomic mass is 16.5. The summed E-state index contributed by atoms with van der Waals surface area (Å²) in [6, 6.07) is 21.8. The fourth-order valence-corrected chi connectivity index (χ4v) is 4.10. The minimum atomic E-state index is -1.10. The topological polar surface area (TPSA) is 84.7 Å². The molecule has 4 rings (SSSR count). The van der Waals surface area contributed by atoms with Gasteiger partial charge in [-0.2, -0.15) is 0 Å². The maximum absolute atomic E-state index is 13.6. The number of aryl methyl sites for hydroxylation is 1. The van der Waals surface area contributed by atoms with Crippen LogP contribution < -0.4 is 15.2 Å². The summed E-state index contributed by atoms with van der Waals surface area (Å²) < 4.78 is 7.52. The standard InChI is InChI=1S/C29H31N3O4/c1-4-5-11-26-30-25-17-14-22(31(2)3)18-24(25)28(33)32(26)19-20-12-15-23(16-13-20)36-27(29(34)35)21-9-7-6-8-10-21/h6-10,12-18,27H,4-5,11,19H2,1-3H3,(H,34,35). The molecule has 1 N–H and O–H groups in total. The van der Waals surface area contributed by atoms with Gasteiger partial charge in [0.05, 0.1) is 17.4 Å². The Labute approximate surface area is 210 Å². The molecule has 186 valence electrons. The molecule has 4 aromatic rings. The lowest BCUT2D eigenvalue weighted by Gasteiger charge is -2.17. The smallest absolute Gasteiger partial charge is 0.349 e. The number of carboxylic acid groups (broad SMARTS) is 1. The number of nitrogens with zero attached hydrogens (tertiary/aromatic N) is 3. The Balaban J connectivity index is 1.63. The monoisotopic (exact) mass is 485 g/mol. The molecule has 0 fully saturated rings. The summed E-state index contributed by atoms with van der Waals surface area (Å²) in [7, 11) is 3.89. The molecule has 0 aliphatic heterocycles. The van der Waals surface area contributed by atoms with Crippen LogP contribution in [-0.4, -0.2) is 34.7 Å². The van der Waals surface area contributed by atoms with E-state index in [0.717, 1.165) is 36.3 Å². The molecular formula is C29H31N3O4. The third-order valence-electron chi connectivity index (χ3n) is 6.13. The van der Waals surface area contributed by atoms with Gasteiger partial charge in [-0.15, -0.1) is 0 Å². The molecule has 1 atom stereocenters. The van der Waals surface area contributed by atoms with Crippen molar-refractivity contribution >= 4 is 22.6 Å². The lowest BCUT2D eigenvalue weighted by molar-refractivity contribution is -0.145. The summed E-state index contributed by atoms with van der Waals surface area (Å²) in [4.78, 5) is 32.1. The van der Waals surface area contributed by atoms with E-state index in [1.807, 2.05) is 55.4 Å². The van der Waals surface area contributed by atoms with Crippen LogP contribution in [-0.2, 0) is 17.8 Å². The van der Waals surface area contributed by atoms with Gasteiger partial charge < -0.3 is 14.7 Å². The van der Waals surface area contributed by atoms with Gasteiger partial charge in [-0.3, -0.25) is 9.36 Å². The average Bonchev–Trinajstić information content (AvgIpc) is 2.88. The number of aromatic nitrogens is 2. The number of hydrogen-bond donors (Lipinski definition) is 1. The van der Waals surface area contributed by atoms with Gasteiger partial charge in [0.25, 0.3) is 5.56 Å². The van der Waals surface area contributed by atoms with E-state index in [9.17, 15) is 14.7 Å². The highest BCUT2D eigenvalue weighted by Gasteiger charge is 2.21. The average molecular weight is 486 g/mol. The zero-order valence-electron chi connectivity index (χ0n) is 20.8. The molecule has 36 heavy (non-hydrogen) atoms. The van der Waals surface area contributed by atoms with Gasteiger partial charge >= 0.3 is 5.97 Å². The minimum Gasteiger partial charge on any atom is -0.478 e. The van der Waals surface area contributed by atoms with Crippen LogP contribution in [0, 0.1) is 0 Å². The zero-order valence-corrected chi connectivity index (χ0v) is 20.8. The van der Waals surface area contributed by atoms with E-state index in [-0.39, 0.29) is 5.56 Å². The number of fused-ring (bicyclic) bond motifs is 1. The number of rotatable bonds is 10. The Bertz CT molecular complexity index is 1400. The van der Waals surface area contributed by atoms with Gasteiger partial charge in [0.2, 0.25) is 6.10 Å². The Morgan fingerprint density at radius 1 is 1.06 bits per heavy atom. The first-order valence-electron chi connectivity index (χ1n) is 12.1. The van der Waals surface area contributed by atoms with Crippen LogP contribution in [0.1, 0.15) is 42.8 Å². The Kier molecular flexibility index (Phi) is 7.68. The number of unbranched alkanes of at least 4 members (excludes halogenated alkanes) is 1. The van der Waals surface area contributed by atoms with Crippen LogP contribution in [0.4, 0.5) is 5.69 Å². The molecule has 3 aromatic carbocycles. The summed E-state index contributed by atoms with van der Waals surface area (Å²) in [5.41, 5.74) is 3.06. The fourth-order valence-electron chi connectivity index (χ4n) is 4.10. The highest BCUT2D eigenvalue weighted by Crippen LogP contribution is 2.24. The van der Waals surface area contributed by atoms with Crippen molar-refractivity contribution in [1.29, 1.82) is 0 Å². The SMILES string of the molecule is CCCCc1nc2ccc(N(C)C)cc2c(=O)n1Cc1ccc(OC(C(=O)O)c2ccccc2)cc1. The summed E-state index contributed by atoms with van der Waals surface area (Å²) >= 11 is 0. The van der Waals surface area contributed by atoms with Crippen LogP contribution in [0.15, 0.2) is 77.6 Å². The van der Waals surface area contributed by atoms with E-state index >= 15 is 0 Å². The normalized spacial score (nSPS) is 11.9. The molecule has 1 aromatic heterocycles. The van der Waals surface area contributed by atoms with E-state index in [2.05, 4.69) is 6.92 Å². The van der Waals surface area contributed by atoms with Gasteiger partial charge in [0, 0.05) is 31.8 Å². The number of hydrogen-bond acceptors (Lipinski definition) is 5. The molecule has 0 saturated carbocycles. The van der Waals surface area contributed by atoms with Gasteiger partial charge in [0.1, 0.15) is 11.6 Å². The number of benzene rings is 3. The van der Waals surface area contributed by atoms with Crippen molar-refractivity contribution in [2.24, 2.45) is 0 Å². The first kappa shape index (κ1) is 25.0. The first-order valence-corrected chi connectivity index (χ1v) is 12.1. The van der Waals surface area contributed by atoms with Crippen LogP contribution in [0.2, 0.25) is 0 Å². The molecule has 0 radical (unpaired) electrons. The van der Waals surface area contributed by atoms with E-state index in [4.69, 9.17) is 9.72 Å². The quantitative estimate of drug-likeness (QED) is 0.338. The van der Waals surface area contributed by atoms with E-state index < -0.39 is 12.1 Å². The van der Waals surface area contributed by atoms with Crippen molar-refractivity contribution in [1.82, 2.24) is 9.55 Å². The second-order valence-electron chi connectivity index (χ2n) is 9.01. The third-order valence-corrected chi connectivity index (χ3v) is 6.13. The predicted octanol–water partition coefficient (Wildman–Crippen LogP) is 5.06. The number of aliphatic carboxylic acids is 1. The van der Waals surface area contributed by atoms with Crippen molar-refractivity contribution in [2.45, 2.75) is 38.8 Å². The van der Waals surface area contributed by atoms with Crippen molar-refractivity contribution in [3.8, 4) is 5.75 Å². The summed E-state index contributed by atoms with van der Waals surface area (Å²) in [5, 5.41) is 10.2. The van der Waals surface area contributed by atoms with Gasteiger partial charge in [0.15, 0.2) is 0 Å². The lowest BCUT2D eigenvalue weighted by atomic mass is 10.1. The minimum absolute atomic E-state index is 0.0647. The lowest BCUT2D eigenvalue weighted by Crippen LogP contribution is -2.26. The Morgan fingerprint density at radius 2 is 1.78 bits per heavy atom. The molecule has 0 saturated heterocycles. The van der Waals surface area contributed by atoms with E-state index in [1.165, 1.54) is 0 Å². The van der Waals surface area contributed by atoms with Crippen molar-refractivity contribution in [2.75, 3.05) is 19.0 Å². The van der Waals surface area contributed by atoms with E-state index in [0.29, 0.717) is 28.8 Å². The fraction of sp³-hybridized carbons (Fsp3) is 0.276. The van der Waals surface area contributed by atoms with Gasteiger partial charge in [-0.05, 0) is 42.3 Å². The molecule has 1 heterocycles. The molecule has 1 unspecified atom stereocenters. The van der Waals surface area contributed by atoms with E-state index in [1.54, 1.807) is 41.0 Å².